The zero-order valence-corrected chi connectivity index (χ0v) is 35.9. The molecule has 14 nitrogen and oxygen atoms in total. The van der Waals surface area contributed by atoms with Gasteiger partial charge in [-0.1, -0.05) is 43.9 Å². The quantitative estimate of drug-likeness (QED) is 0.0372. The smallest absolute Gasteiger partial charge is 0.251 e. The van der Waals surface area contributed by atoms with Crippen molar-refractivity contribution in [3.8, 4) is 11.8 Å². The summed E-state index contributed by atoms with van der Waals surface area (Å²) >= 11 is 0. The molecule has 0 saturated carbocycles. The monoisotopic (exact) mass is 819 g/mol. The van der Waals surface area contributed by atoms with Gasteiger partial charge in [-0.2, -0.15) is 20.6 Å². The van der Waals surface area contributed by atoms with E-state index < -0.39 is 0 Å². The van der Waals surface area contributed by atoms with Crippen LogP contribution in [0, 0.1) is 32.1 Å². The molecule has 1 heterocycles. The Balaban J connectivity index is 1.34. The van der Waals surface area contributed by atoms with E-state index in [0.29, 0.717) is 97.0 Å². The van der Waals surface area contributed by atoms with Crippen LogP contribution in [0.1, 0.15) is 84.0 Å². The molecule has 0 radical (unpaired) electrons. The molecule has 0 fully saturated rings. The minimum atomic E-state index is -0.162. The number of nitrogens with zero attached hydrogens (tertiary/aromatic N) is 6. The minimum Gasteiger partial charge on any atom is -0.491 e. The number of para-hydroxylation sites is 1. The van der Waals surface area contributed by atoms with Crippen molar-refractivity contribution in [2.24, 2.45) is 20.5 Å². The Bertz CT molecular complexity index is 2000. The van der Waals surface area contributed by atoms with Gasteiger partial charge in [0, 0.05) is 64.8 Å². The van der Waals surface area contributed by atoms with Crippen LogP contribution in [0.25, 0.3) is 0 Å². The number of hydrogen-bond donors (Lipinski definition) is 3. The van der Waals surface area contributed by atoms with Crippen LogP contribution in [-0.4, -0.2) is 77.8 Å². The summed E-state index contributed by atoms with van der Waals surface area (Å²) < 4.78 is 21.6. The number of carbonyl (C=O) groups excluding carboxylic acids is 1. The fraction of sp³-hybridized carbons (Fsp3) is 0.457. The van der Waals surface area contributed by atoms with Crippen molar-refractivity contribution in [1.29, 1.82) is 5.26 Å². The number of anilines is 2. The Morgan fingerprint density at radius 1 is 0.667 bits per heavy atom. The fourth-order valence-corrected chi connectivity index (χ4v) is 6.12. The Labute approximate surface area is 355 Å². The number of unbranched alkanes of at least 4 members (excludes halogenated alkanes) is 5. The maximum absolute atomic E-state index is 12.7. The molecule has 60 heavy (non-hydrogen) atoms. The van der Waals surface area contributed by atoms with E-state index >= 15 is 0 Å². The van der Waals surface area contributed by atoms with Crippen LogP contribution in [0.15, 0.2) is 87.2 Å². The molecule has 1 aromatic heterocycles. The average molecular weight is 820 g/mol. The predicted octanol–water partition coefficient (Wildman–Crippen LogP) is 10.8. The molecule has 4 aromatic rings. The molecular formula is C46H61N9O5. The van der Waals surface area contributed by atoms with Crippen LogP contribution in [-0.2, 0) is 14.2 Å². The van der Waals surface area contributed by atoms with Crippen LogP contribution < -0.4 is 20.7 Å². The maximum Gasteiger partial charge on any atom is 0.251 e. The van der Waals surface area contributed by atoms with Crippen molar-refractivity contribution >= 4 is 40.3 Å². The van der Waals surface area contributed by atoms with Gasteiger partial charge in [-0.05, 0) is 106 Å². The number of ether oxygens (including phenoxy) is 4. The van der Waals surface area contributed by atoms with Gasteiger partial charge >= 0.3 is 0 Å². The number of nitrogens with one attached hydrogen (secondary N) is 3. The van der Waals surface area contributed by atoms with Crippen LogP contribution in [0.4, 0.5) is 34.4 Å². The van der Waals surface area contributed by atoms with Crippen molar-refractivity contribution < 1.29 is 23.7 Å². The minimum absolute atomic E-state index is 0.162. The second-order valence-electron chi connectivity index (χ2n) is 14.3. The van der Waals surface area contributed by atoms with E-state index in [1.54, 1.807) is 38.5 Å². The average Bonchev–Trinajstić information content (AvgIpc) is 3.26. The van der Waals surface area contributed by atoms with Crippen molar-refractivity contribution in [3.63, 3.8) is 0 Å². The lowest BCUT2D eigenvalue weighted by molar-refractivity contribution is 0.0905. The maximum atomic E-state index is 12.7. The highest BCUT2D eigenvalue weighted by atomic mass is 16.5. The molecule has 0 saturated heterocycles. The zero-order valence-electron chi connectivity index (χ0n) is 35.9. The van der Waals surface area contributed by atoms with Gasteiger partial charge in [-0.25, -0.2) is 4.98 Å². The first kappa shape index (κ1) is 46.9. The normalized spacial score (nSPS) is 11.3. The standard InChI is InChI=1S/C46H61N9O5/c1-34-32-42(54-55-43-36(3)40(33-47)44(48-24-15-27-58-5)51-45(43)49-23-13-8-6-7-9-14-26-57-4)35(2)31-41(34)53-52-38-21-19-37(20-22-38)46(56)50-25-16-28-59-29-30-60-39-17-11-10-12-18-39/h10-12,17-22,31-32H,6-9,13-16,23-30H2,1-5H3,(H,50,56)(H2,48,49,51). The molecule has 14 heteroatoms. The third kappa shape index (κ3) is 16.1. The third-order valence-corrected chi connectivity index (χ3v) is 9.58. The Kier molecular flexibility index (Phi) is 21.2. The summed E-state index contributed by atoms with van der Waals surface area (Å²) in [5, 5.41) is 38.1. The highest BCUT2D eigenvalue weighted by molar-refractivity contribution is 5.94. The lowest BCUT2D eigenvalue weighted by atomic mass is 10.1. The SMILES string of the molecule is COCCCCCCCCNc1nc(NCCCOC)c(C#N)c(C)c1N=Nc1cc(C)c(N=Nc2ccc(C(=O)NCCCOCCOc3ccccc3)cc2)cc1C. The molecule has 3 aromatic carbocycles. The van der Waals surface area contributed by atoms with Crippen LogP contribution >= 0.6 is 0 Å². The highest BCUT2D eigenvalue weighted by Gasteiger charge is 2.18. The molecule has 0 atom stereocenters. The van der Waals surface area contributed by atoms with E-state index in [4.69, 9.17) is 23.9 Å². The number of aryl methyl sites for hydroxylation is 2. The summed E-state index contributed by atoms with van der Waals surface area (Å²) in [6, 6.07) is 22.8. The number of hydrogen-bond acceptors (Lipinski definition) is 13. The third-order valence-electron chi connectivity index (χ3n) is 9.58. The number of pyridine rings is 1. The Morgan fingerprint density at radius 3 is 1.98 bits per heavy atom. The van der Waals surface area contributed by atoms with Crippen molar-refractivity contribution in [3.05, 3.63) is 94.5 Å². The van der Waals surface area contributed by atoms with E-state index in [1.807, 2.05) is 63.2 Å². The number of rotatable bonds is 28. The van der Waals surface area contributed by atoms with Gasteiger partial charge in [-0.15, -0.1) is 5.11 Å². The first-order valence-corrected chi connectivity index (χ1v) is 20.8. The lowest BCUT2D eigenvalue weighted by Gasteiger charge is -2.16. The highest BCUT2D eigenvalue weighted by Crippen LogP contribution is 2.36. The molecule has 0 spiro atoms. The van der Waals surface area contributed by atoms with E-state index in [1.165, 1.54) is 12.8 Å². The summed E-state index contributed by atoms with van der Waals surface area (Å²) in [5.41, 5.74) is 5.90. The van der Waals surface area contributed by atoms with Crippen molar-refractivity contribution in [2.45, 2.75) is 72.1 Å². The van der Waals surface area contributed by atoms with Crippen LogP contribution in [0.2, 0.25) is 0 Å². The molecule has 320 valence electrons. The van der Waals surface area contributed by atoms with Gasteiger partial charge in [0.15, 0.2) is 5.82 Å². The molecule has 0 bridgehead atoms. The van der Waals surface area contributed by atoms with Crippen LogP contribution in [0.5, 0.6) is 5.75 Å². The number of aromatic nitrogens is 1. The van der Waals surface area contributed by atoms with E-state index in [9.17, 15) is 10.1 Å². The molecule has 4 rings (SSSR count). The molecule has 0 aliphatic rings. The summed E-state index contributed by atoms with van der Waals surface area (Å²) in [6.07, 6.45) is 8.16. The van der Waals surface area contributed by atoms with Gasteiger partial charge in [0.1, 0.15) is 29.9 Å². The number of benzene rings is 3. The molecule has 0 aliphatic carbocycles. The number of amides is 1. The Hall–Kier alpha value is -5.75. The molecule has 0 aliphatic heterocycles. The number of azo groups is 2. The second kappa shape index (κ2) is 27.1. The topological polar surface area (TPSA) is 176 Å². The van der Waals surface area contributed by atoms with E-state index in [-0.39, 0.29) is 5.91 Å². The van der Waals surface area contributed by atoms with Gasteiger partial charge in [0.05, 0.1) is 29.2 Å². The van der Waals surface area contributed by atoms with Crippen molar-refractivity contribution in [1.82, 2.24) is 10.3 Å². The molecule has 1 amide bonds. The van der Waals surface area contributed by atoms with Crippen molar-refractivity contribution in [2.75, 3.05) is 77.5 Å². The van der Waals surface area contributed by atoms with Gasteiger partial charge < -0.3 is 34.9 Å². The van der Waals surface area contributed by atoms with Crippen LogP contribution in [0.3, 0.4) is 0 Å². The molecular weight excluding hydrogens is 759 g/mol. The summed E-state index contributed by atoms with van der Waals surface area (Å²) in [5.74, 6) is 1.75. The number of carbonyl (C=O) groups is 1. The number of nitriles is 1. The lowest BCUT2D eigenvalue weighted by Crippen LogP contribution is -2.25. The molecule has 0 unspecified atom stereocenters. The van der Waals surface area contributed by atoms with Gasteiger partial charge in [-0.3, -0.25) is 4.79 Å². The second-order valence-corrected chi connectivity index (χ2v) is 14.3. The first-order valence-electron chi connectivity index (χ1n) is 20.8. The number of methoxy groups -OCH3 is 2. The van der Waals surface area contributed by atoms with E-state index in [2.05, 4.69) is 42.5 Å². The Morgan fingerprint density at radius 2 is 1.28 bits per heavy atom. The molecule has 3 N–H and O–H groups in total. The van der Waals surface area contributed by atoms with Gasteiger partial charge in [0.2, 0.25) is 0 Å². The van der Waals surface area contributed by atoms with E-state index in [0.717, 1.165) is 62.1 Å². The zero-order chi connectivity index (χ0) is 42.8. The summed E-state index contributed by atoms with van der Waals surface area (Å²) in [7, 11) is 3.41. The summed E-state index contributed by atoms with van der Waals surface area (Å²) in [4.78, 5) is 17.5. The predicted molar refractivity (Wildman–Crippen MR) is 237 cm³/mol. The van der Waals surface area contributed by atoms with Gasteiger partial charge in [0.25, 0.3) is 5.91 Å². The summed E-state index contributed by atoms with van der Waals surface area (Å²) in [6.45, 7) is 10.5. The first-order chi connectivity index (χ1) is 29.3. The largest absolute Gasteiger partial charge is 0.491 e. The fourth-order valence-electron chi connectivity index (χ4n) is 6.12.